The van der Waals surface area contributed by atoms with Gasteiger partial charge in [-0.2, -0.15) is 0 Å². The molecule has 38 heavy (non-hydrogen) atoms. The molecule has 5 nitrogen and oxygen atoms in total. The molecule has 0 aromatic rings. The highest BCUT2D eigenvalue weighted by Gasteiger charge is 2.59. The topological polar surface area (TPSA) is 81.4 Å². The SMILES string of the molecule is CC(C)CCC[C@@H](C)[C@H]1CC[C@H]2[C@@H]3CC=C4C[C@@H](OC(=O)[C@@H](C)NC(=O)[C@@H](C)N)CC[C@]4(C)[C@H]3CC[C@]12C. The van der Waals surface area contributed by atoms with Crippen molar-refractivity contribution in [1.82, 2.24) is 5.32 Å². The monoisotopic (exact) mass is 528 g/mol. The lowest BCUT2D eigenvalue weighted by atomic mass is 9.47. The predicted molar refractivity (Wildman–Crippen MR) is 154 cm³/mol. The summed E-state index contributed by atoms with van der Waals surface area (Å²) in [7, 11) is 0. The summed E-state index contributed by atoms with van der Waals surface area (Å²) in [5.41, 5.74) is 7.90. The zero-order chi connectivity index (χ0) is 27.8. The lowest BCUT2D eigenvalue weighted by Gasteiger charge is -2.58. The van der Waals surface area contributed by atoms with Crippen molar-refractivity contribution in [1.29, 1.82) is 0 Å². The summed E-state index contributed by atoms with van der Waals surface area (Å²) >= 11 is 0. The second-order valence-corrected chi connectivity index (χ2v) is 14.6. The van der Waals surface area contributed by atoms with E-state index in [0.717, 1.165) is 54.8 Å². The average molecular weight is 529 g/mol. The molecular weight excluding hydrogens is 472 g/mol. The number of fused-ring (bicyclic) bond motifs is 5. The van der Waals surface area contributed by atoms with Gasteiger partial charge in [-0.15, -0.1) is 0 Å². The van der Waals surface area contributed by atoms with E-state index in [0.29, 0.717) is 5.41 Å². The second-order valence-electron chi connectivity index (χ2n) is 14.6. The number of ether oxygens (including phenoxy) is 1. The molecule has 3 fully saturated rings. The summed E-state index contributed by atoms with van der Waals surface area (Å²) in [4.78, 5) is 24.6. The van der Waals surface area contributed by atoms with Gasteiger partial charge in [0.15, 0.2) is 0 Å². The van der Waals surface area contributed by atoms with E-state index in [1.165, 1.54) is 56.9 Å². The molecule has 0 spiro atoms. The van der Waals surface area contributed by atoms with Gasteiger partial charge >= 0.3 is 5.97 Å². The van der Waals surface area contributed by atoms with Crippen molar-refractivity contribution in [2.45, 2.75) is 137 Å². The number of esters is 1. The van der Waals surface area contributed by atoms with E-state index in [1.807, 2.05) is 0 Å². The lowest BCUT2D eigenvalue weighted by molar-refractivity contribution is -0.154. The van der Waals surface area contributed by atoms with Crippen LogP contribution in [0.5, 0.6) is 0 Å². The molecule has 5 heteroatoms. The Labute approximate surface area is 232 Å². The number of rotatable bonds is 9. The molecule has 0 radical (unpaired) electrons. The van der Waals surface area contributed by atoms with Crippen molar-refractivity contribution >= 4 is 11.9 Å². The maximum absolute atomic E-state index is 12.7. The minimum absolute atomic E-state index is 0.0931. The summed E-state index contributed by atoms with van der Waals surface area (Å²) < 4.78 is 5.90. The molecule has 4 aliphatic carbocycles. The number of carbonyl (C=O) groups excluding carboxylic acids is 2. The first-order chi connectivity index (χ1) is 17.9. The fourth-order valence-corrected chi connectivity index (χ4v) is 9.42. The average Bonchev–Trinajstić information content (AvgIpc) is 3.21. The standard InChI is InChI=1S/C33H56N2O3/c1-20(2)9-8-10-21(3)27-13-14-28-26-12-11-24-19-25(38-31(37)23(5)35-30(36)22(4)34)15-17-32(24,6)29(26)16-18-33(27,28)7/h11,20-23,25-29H,8-10,12-19,34H2,1-7H3,(H,35,36)/t21-,22-,23-,25+,26+,27-,28+,29+,32+,33-/m1/s1. The zero-order valence-corrected chi connectivity index (χ0v) is 25.4. The third kappa shape index (κ3) is 5.74. The minimum atomic E-state index is -0.675. The van der Waals surface area contributed by atoms with Gasteiger partial charge in [0, 0.05) is 6.42 Å². The van der Waals surface area contributed by atoms with Crippen LogP contribution in [0, 0.1) is 46.3 Å². The van der Waals surface area contributed by atoms with Crippen LogP contribution in [0.2, 0.25) is 0 Å². The largest absolute Gasteiger partial charge is 0.461 e. The van der Waals surface area contributed by atoms with Gasteiger partial charge in [-0.3, -0.25) is 4.79 Å². The van der Waals surface area contributed by atoms with Crippen molar-refractivity contribution in [2.24, 2.45) is 52.1 Å². The fraction of sp³-hybridized carbons (Fsp3) is 0.879. The Morgan fingerprint density at radius 3 is 2.45 bits per heavy atom. The van der Waals surface area contributed by atoms with Crippen molar-refractivity contribution in [3.8, 4) is 0 Å². The van der Waals surface area contributed by atoms with Gasteiger partial charge in [-0.1, -0.05) is 65.5 Å². The molecule has 216 valence electrons. The highest BCUT2D eigenvalue weighted by molar-refractivity contribution is 5.86. The van der Waals surface area contributed by atoms with Gasteiger partial charge in [-0.25, -0.2) is 4.79 Å². The maximum atomic E-state index is 12.7. The molecule has 10 atom stereocenters. The first kappa shape index (κ1) is 29.6. The normalized spacial score (nSPS) is 38.8. The van der Waals surface area contributed by atoms with Crippen LogP contribution in [0.4, 0.5) is 0 Å². The first-order valence-electron chi connectivity index (χ1n) is 15.8. The van der Waals surface area contributed by atoms with E-state index in [9.17, 15) is 9.59 Å². The van der Waals surface area contributed by atoms with Gasteiger partial charge in [0.25, 0.3) is 0 Å². The molecule has 0 heterocycles. The summed E-state index contributed by atoms with van der Waals surface area (Å²) in [6.07, 6.45) is 16.2. The highest BCUT2D eigenvalue weighted by Crippen LogP contribution is 2.67. The number of amides is 1. The van der Waals surface area contributed by atoms with Crippen molar-refractivity contribution in [2.75, 3.05) is 0 Å². The summed E-state index contributed by atoms with van der Waals surface area (Å²) in [5, 5.41) is 2.67. The Balaban J connectivity index is 1.39. The van der Waals surface area contributed by atoms with Crippen LogP contribution in [0.25, 0.3) is 0 Å². The third-order valence-corrected chi connectivity index (χ3v) is 11.7. The molecule has 0 aromatic heterocycles. The van der Waals surface area contributed by atoms with Crippen molar-refractivity contribution in [3.05, 3.63) is 11.6 Å². The number of hydrogen-bond donors (Lipinski definition) is 2. The van der Waals surface area contributed by atoms with Crippen LogP contribution in [-0.2, 0) is 14.3 Å². The van der Waals surface area contributed by atoms with E-state index in [-0.39, 0.29) is 23.4 Å². The molecule has 3 N–H and O–H groups in total. The van der Waals surface area contributed by atoms with Crippen LogP contribution < -0.4 is 11.1 Å². The fourth-order valence-electron chi connectivity index (χ4n) is 9.42. The molecule has 3 saturated carbocycles. The Hall–Kier alpha value is -1.36. The molecule has 0 aliphatic heterocycles. The van der Waals surface area contributed by atoms with Gasteiger partial charge < -0.3 is 15.8 Å². The molecule has 4 rings (SSSR count). The Morgan fingerprint density at radius 1 is 1.03 bits per heavy atom. The highest BCUT2D eigenvalue weighted by atomic mass is 16.5. The van der Waals surface area contributed by atoms with Crippen LogP contribution in [0.15, 0.2) is 11.6 Å². The van der Waals surface area contributed by atoms with Crippen LogP contribution in [0.1, 0.15) is 119 Å². The summed E-state index contributed by atoms with van der Waals surface area (Å²) in [6, 6.07) is -1.31. The molecule has 1 amide bonds. The van der Waals surface area contributed by atoms with E-state index in [2.05, 4.69) is 46.0 Å². The lowest BCUT2D eigenvalue weighted by Crippen LogP contribution is -2.51. The van der Waals surface area contributed by atoms with Crippen LogP contribution in [-0.4, -0.2) is 30.1 Å². The Bertz CT molecular complexity index is 897. The predicted octanol–water partition coefficient (Wildman–Crippen LogP) is 6.79. The molecule has 0 aromatic carbocycles. The Kier molecular flexibility index (Phi) is 9.06. The zero-order valence-electron chi connectivity index (χ0n) is 25.4. The van der Waals surface area contributed by atoms with Crippen LogP contribution >= 0.6 is 0 Å². The molecule has 4 aliphatic rings. The minimum Gasteiger partial charge on any atom is -0.461 e. The molecule has 0 saturated heterocycles. The van der Waals surface area contributed by atoms with Crippen molar-refractivity contribution < 1.29 is 14.3 Å². The van der Waals surface area contributed by atoms with E-state index in [1.54, 1.807) is 13.8 Å². The smallest absolute Gasteiger partial charge is 0.328 e. The quantitative estimate of drug-likeness (QED) is 0.255. The van der Waals surface area contributed by atoms with E-state index in [4.69, 9.17) is 10.5 Å². The number of nitrogens with one attached hydrogen (secondary N) is 1. The van der Waals surface area contributed by atoms with E-state index < -0.39 is 12.1 Å². The first-order valence-corrected chi connectivity index (χ1v) is 15.8. The molecule has 0 unspecified atom stereocenters. The third-order valence-electron chi connectivity index (χ3n) is 11.7. The van der Waals surface area contributed by atoms with Gasteiger partial charge in [0.05, 0.1) is 6.04 Å². The number of nitrogens with two attached hydrogens (primary N) is 1. The summed E-state index contributed by atoms with van der Waals surface area (Å²) in [6.45, 7) is 15.7. The van der Waals surface area contributed by atoms with Gasteiger partial charge in [0.2, 0.25) is 5.91 Å². The second kappa shape index (κ2) is 11.6. The molecular formula is C33H56N2O3. The number of allylic oxidation sites excluding steroid dienone is 1. The van der Waals surface area contributed by atoms with E-state index >= 15 is 0 Å². The maximum Gasteiger partial charge on any atom is 0.328 e. The van der Waals surface area contributed by atoms with Crippen molar-refractivity contribution in [3.63, 3.8) is 0 Å². The Morgan fingerprint density at radius 2 is 1.76 bits per heavy atom. The van der Waals surface area contributed by atoms with Crippen LogP contribution in [0.3, 0.4) is 0 Å². The summed E-state index contributed by atoms with van der Waals surface area (Å²) in [5.74, 6) is 4.30. The number of hydrogen-bond acceptors (Lipinski definition) is 4. The number of carbonyl (C=O) groups is 2. The van der Waals surface area contributed by atoms with Gasteiger partial charge in [-0.05, 0) is 105 Å². The molecule has 0 bridgehead atoms. The van der Waals surface area contributed by atoms with Gasteiger partial charge in [0.1, 0.15) is 12.1 Å².